The molecular formula is C11H13NO. The molecule has 1 aliphatic rings. The van der Waals surface area contributed by atoms with Gasteiger partial charge < -0.3 is 5.32 Å². The molecule has 1 aromatic rings. The number of para-hydroxylation sites is 1. The Bertz CT molecular complexity index is 333. The van der Waals surface area contributed by atoms with E-state index >= 15 is 0 Å². The molecule has 0 amide bonds. The molecule has 1 unspecified atom stereocenters. The Morgan fingerprint density at radius 1 is 1.46 bits per heavy atom. The minimum Gasteiger partial charge on any atom is -0.381 e. The number of hydrogen-bond acceptors (Lipinski definition) is 2. The highest BCUT2D eigenvalue weighted by Gasteiger charge is 2.22. The van der Waals surface area contributed by atoms with Gasteiger partial charge in [0.15, 0.2) is 5.78 Å². The molecular weight excluding hydrogens is 162 g/mol. The van der Waals surface area contributed by atoms with Crippen molar-refractivity contribution in [2.75, 3.05) is 5.32 Å². The summed E-state index contributed by atoms with van der Waals surface area (Å²) in [4.78, 5) is 11.6. The van der Waals surface area contributed by atoms with E-state index in [1.165, 1.54) is 0 Å². The maximum Gasteiger partial charge on any atom is 0.166 e. The fraction of sp³-hybridized carbons (Fsp3) is 0.364. The monoisotopic (exact) mass is 175 g/mol. The molecule has 2 rings (SSSR count). The van der Waals surface area contributed by atoms with Crippen molar-refractivity contribution >= 4 is 11.5 Å². The van der Waals surface area contributed by atoms with Crippen molar-refractivity contribution in [3.8, 4) is 0 Å². The van der Waals surface area contributed by atoms with Crippen molar-refractivity contribution in [2.24, 2.45) is 0 Å². The first-order chi connectivity index (χ1) is 6.31. The molecule has 68 valence electrons. The van der Waals surface area contributed by atoms with Gasteiger partial charge in [-0.25, -0.2) is 0 Å². The third kappa shape index (κ3) is 1.44. The number of ketones is 1. The van der Waals surface area contributed by atoms with Crippen LogP contribution in [-0.4, -0.2) is 11.8 Å². The lowest BCUT2D eigenvalue weighted by Gasteiger charge is -2.24. The zero-order chi connectivity index (χ0) is 9.26. The number of nitrogens with one attached hydrogen (secondary N) is 1. The van der Waals surface area contributed by atoms with Crippen LogP contribution >= 0.6 is 0 Å². The molecule has 1 aliphatic heterocycles. The van der Waals surface area contributed by atoms with Gasteiger partial charge >= 0.3 is 0 Å². The van der Waals surface area contributed by atoms with Crippen molar-refractivity contribution in [3.63, 3.8) is 0 Å². The summed E-state index contributed by atoms with van der Waals surface area (Å²) in [5, 5.41) is 3.36. The molecule has 0 bridgehead atoms. The van der Waals surface area contributed by atoms with E-state index in [1.807, 2.05) is 24.3 Å². The van der Waals surface area contributed by atoms with Crippen LogP contribution in [0, 0.1) is 0 Å². The van der Waals surface area contributed by atoms with E-state index in [9.17, 15) is 4.79 Å². The van der Waals surface area contributed by atoms with Crippen molar-refractivity contribution in [1.82, 2.24) is 0 Å². The quantitative estimate of drug-likeness (QED) is 0.710. The lowest BCUT2D eigenvalue weighted by atomic mass is 9.96. The third-order valence-corrected chi connectivity index (χ3v) is 2.51. The van der Waals surface area contributed by atoms with Gasteiger partial charge in [-0.2, -0.15) is 0 Å². The Kier molecular flexibility index (Phi) is 2.05. The average Bonchev–Trinajstić information content (AvgIpc) is 2.18. The minimum absolute atomic E-state index is 0.265. The van der Waals surface area contributed by atoms with E-state index in [-0.39, 0.29) is 5.78 Å². The Morgan fingerprint density at radius 3 is 3.00 bits per heavy atom. The van der Waals surface area contributed by atoms with Crippen molar-refractivity contribution in [3.05, 3.63) is 29.8 Å². The van der Waals surface area contributed by atoms with Crippen LogP contribution in [0.25, 0.3) is 0 Å². The molecule has 0 saturated carbocycles. The van der Waals surface area contributed by atoms with Crippen molar-refractivity contribution < 1.29 is 4.79 Å². The Balaban J connectivity index is 2.37. The van der Waals surface area contributed by atoms with E-state index in [0.29, 0.717) is 12.5 Å². The average molecular weight is 175 g/mol. The predicted molar refractivity (Wildman–Crippen MR) is 53.1 cm³/mol. The first-order valence-corrected chi connectivity index (χ1v) is 4.70. The van der Waals surface area contributed by atoms with Gasteiger partial charge in [0.05, 0.1) is 0 Å². The number of anilines is 1. The summed E-state index contributed by atoms with van der Waals surface area (Å²) in [5.41, 5.74) is 1.83. The van der Waals surface area contributed by atoms with E-state index in [4.69, 9.17) is 0 Å². The molecule has 1 aromatic carbocycles. The molecule has 0 aliphatic carbocycles. The molecule has 2 nitrogen and oxygen atoms in total. The van der Waals surface area contributed by atoms with Crippen LogP contribution in [0.15, 0.2) is 24.3 Å². The van der Waals surface area contributed by atoms with Crippen LogP contribution in [-0.2, 0) is 0 Å². The van der Waals surface area contributed by atoms with E-state index < -0.39 is 0 Å². The lowest BCUT2D eigenvalue weighted by molar-refractivity contribution is 0.0972. The predicted octanol–water partition coefficient (Wildman–Crippen LogP) is 2.46. The normalized spacial score (nSPS) is 20.7. The summed E-state index contributed by atoms with van der Waals surface area (Å²) in [7, 11) is 0. The largest absolute Gasteiger partial charge is 0.381 e. The maximum absolute atomic E-state index is 11.6. The van der Waals surface area contributed by atoms with Crippen LogP contribution < -0.4 is 5.32 Å². The summed E-state index contributed by atoms with van der Waals surface area (Å²) in [6.45, 7) is 2.10. The minimum atomic E-state index is 0.265. The summed E-state index contributed by atoms with van der Waals surface area (Å²) in [6.07, 6.45) is 1.63. The molecule has 0 radical (unpaired) electrons. The Morgan fingerprint density at radius 2 is 2.23 bits per heavy atom. The third-order valence-electron chi connectivity index (χ3n) is 2.51. The summed E-state index contributed by atoms with van der Waals surface area (Å²) in [5.74, 6) is 0.265. The first-order valence-electron chi connectivity index (χ1n) is 4.70. The van der Waals surface area contributed by atoms with Crippen molar-refractivity contribution in [2.45, 2.75) is 25.8 Å². The van der Waals surface area contributed by atoms with Crippen LogP contribution in [0.3, 0.4) is 0 Å². The number of rotatable bonds is 1. The van der Waals surface area contributed by atoms with Crippen LogP contribution in [0.5, 0.6) is 0 Å². The molecule has 2 heteroatoms. The summed E-state index contributed by atoms with van der Waals surface area (Å²) < 4.78 is 0. The van der Waals surface area contributed by atoms with Gasteiger partial charge in [-0.15, -0.1) is 0 Å². The molecule has 1 heterocycles. The Hall–Kier alpha value is -1.31. The highest BCUT2D eigenvalue weighted by Crippen LogP contribution is 2.25. The van der Waals surface area contributed by atoms with Crippen LogP contribution in [0.4, 0.5) is 5.69 Å². The number of carbonyl (C=O) groups excluding carboxylic acids is 1. The highest BCUT2D eigenvalue weighted by molar-refractivity contribution is 6.03. The van der Waals surface area contributed by atoms with E-state index in [1.54, 1.807) is 0 Å². The number of carbonyl (C=O) groups is 1. The maximum atomic E-state index is 11.6. The smallest absolute Gasteiger partial charge is 0.166 e. The van der Waals surface area contributed by atoms with Gasteiger partial charge in [0.2, 0.25) is 0 Å². The molecule has 0 aromatic heterocycles. The number of benzene rings is 1. The highest BCUT2D eigenvalue weighted by atomic mass is 16.1. The number of Topliss-reactive ketones (excluding diaryl/α,β-unsaturated/α-hetero) is 1. The number of hydrogen-bond donors (Lipinski definition) is 1. The van der Waals surface area contributed by atoms with Gasteiger partial charge in [0, 0.05) is 23.7 Å². The second kappa shape index (κ2) is 3.21. The van der Waals surface area contributed by atoms with Gasteiger partial charge in [-0.05, 0) is 18.6 Å². The molecule has 0 fully saturated rings. The Labute approximate surface area is 78.0 Å². The van der Waals surface area contributed by atoms with E-state index in [2.05, 4.69) is 12.2 Å². The SMILES string of the molecule is CCC1CC(=O)c2ccccc2N1. The summed E-state index contributed by atoms with van der Waals surface area (Å²) >= 11 is 0. The molecule has 1 atom stereocenters. The van der Waals surface area contributed by atoms with Gasteiger partial charge in [0.1, 0.15) is 0 Å². The molecule has 0 saturated heterocycles. The molecule has 13 heavy (non-hydrogen) atoms. The summed E-state index contributed by atoms with van der Waals surface area (Å²) in [6, 6.07) is 8.04. The molecule has 1 N–H and O–H groups in total. The van der Waals surface area contributed by atoms with Crippen molar-refractivity contribution in [1.29, 1.82) is 0 Å². The fourth-order valence-corrected chi connectivity index (χ4v) is 1.70. The van der Waals surface area contributed by atoms with Crippen LogP contribution in [0.1, 0.15) is 30.1 Å². The zero-order valence-electron chi connectivity index (χ0n) is 7.71. The van der Waals surface area contributed by atoms with Gasteiger partial charge in [-0.3, -0.25) is 4.79 Å². The first kappa shape index (κ1) is 8.30. The van der Waals surface area contributed by atoms with E-state index in [0.717, 1.165) is 17.7 Å². The second-order valence-electron chi connectivity index (χ2n) is 3.42. The number of fused-ring (bicyclic) bond motifs is 1. The van der Waals surface area contributed by atoms with Gasteiger partial charge in [0.25, 0.3) is 0 Å². The second-order valence-corrected chi connectivity index (χ2v) is 3.42. The fourth-order valence-electron chi connectivity index (χ4n) is 1.70. The van der Waals surface area contributed by atoms with Crippen LogP contribution in [0.2, 0.25) is 0 Å². The zero-order valence-corrected chi connectivity index (χ0v) is 7.71. The lowest BCUT2D eigenvalue weighted by Crippen LogP contribution is -2.28. The van der Waals surface area contributed by atoms with Gasteiger partial charge in [-0.1, -0.05) is 19.1 Å². The topological polar surface area (TPSA) is 29.1 Å². The standard InChI is InChI=1S/C11H13NO/c1-2-8-7-11(13)9-5-3-4-6-10(9)12-8/h3-6,8,12H,2,7H2,1H3. The molecule has 0 spiro atoms.